The first-order valence-electron chi connectivity index (χ1n) is 7.29. The Morgan fingerprint density at radius 2 is 2.04 bits per heavy atom. The third-order valence-corrected chi connectivity index (χ3v) is 3.63. The summed E-state index contributed by atoms with van der Waals surface area (Å²) in [6.07, 6.45) is -3.24. The quantitative estimate of drug-likeness (QED) is 0.750. The number of hydrogen-bond donors (Lipinski definition) is 1. The van der Waals surface area contributed by atoms with Crippen LogP contribution in [0.4, 0.5) is 19.1 Å². The van der Waals surface area contributed by atoms with E-state index in [9.17, 15) is 18.0 Å². The predicted octanol–water partition coefficient (Wildman–Crippen LogP) is 2.98. The van der Waals surface area contributed by atoms with Gasteiger partial charge in [-0.25, -0.2) is 9.67 Å². The molecule has 2 aromatic heterocycles. The highest BCUT2D eigenvalue weighted by atomic mass is 35.5. The van der Waals surface area contributed by atoms with Crippen LogP contribution in [0, 0.1) is 0 Å². The van der Waals surface area contributed by atoms with Crippen molar-refractivity contribution in [3.05, 3.63) is 58.6 Å². The van der Waals surface area contributed by atoms with Crippen LogP contribution in [0.15, 0.2) is 36.7 Å². The van der Waals surface area contributed by atoms with Crippen LogP contribution in [0.3, 0.4) is 0 Å². The fraction of sp³-hybridized carbons (Fsp3) is 0.200. The second kappa shape index (κ2) is 6.79. The van der Waals surface area contributed by atoms with Crippen LogP contribution in [0.1, 0.15) is 21.7 Å². The first kappa shape index (κ1) is 17.9. The highest BCUT2D eigenvalue weighted by Gasteiger charge is 2.35. The zero-order valence-corrected chi connectivity index (χ0v) is 14.1. The molecule has 0 aliphatic rings. The third-order valence-electron chi connectivity index (χ3n) is 3.40. The molecule has 1 amide bonds. The van der Waals surface area contributed by atoms with Crippen molar-refractivity contribution in [1.29, 1.82) is 0 Å². The number of carbonyl (C=O) groups is 1. The van der Waals surface area contributed by atoms with Gasteiger partial charge in [-0.2, -0.15) is 18.3 Å². The number of alkyl halides is 3. The monoisotopic (exact) mass is 384 g/mol. The lowest BCUT2D eigenvalue weighted by molar-refractivity contribution is -0.141. The SMILES string of the molecule is Cn1nc(C(F)(F)F)cc1C(=O)Nc1ncn(Cc2cccc(Cl)c2)n1. The van der Waals surface area contributed by atoms with Crippen molar-refractivity contribution in [2.75, 3.05) is 5.32 Å². The van der Waals surface area contributed by atoms with Crippen molar-refractivity contribution in [2.24, 2.45) is 7.05 Å². The summed E-state index contributed by atoms with van der Waals surface area (Å²) in [5, 5.41) is 10.3. The van der Waals surface area contributed by atoms with E-state index in [4.69, 9.17) is 11.6 Å². The van der Waals surface area contributed by atoms with Gasteiger partial charge in [0.1, 0.15) is 12.0 Å². The van der Waals surface area contributed by atoms with Crippen LogP contribution in [0.25, 0.3) is 0 Å². The van der Waals surface area contributed by atoms with E-state index in [1.807, 2.05) is 6.07 Å². The lowest BCUT2D eigenvalue weighted by atomic mass is 10.2. The second-order valence-electron chi connectivity index (χ2n) is 5.39. The van der Waals surface area contributed by atoms with Gasteiger partial charge in [-0.3, -0.25) is 14.8 Å². The molecule has 0 saturated carbocycles. The summed E-state index contributed by atoms with van der Waals surface area (Å²) in [4.78, 5) is 16.1. The number of anilines is 1. The van der Waals surface area contributed by atoms with Crippen molar-refractivity contribution in [2.45, 2.75) is 12.7 Å². The van der Waals surface area contributed by atoms with E-state index < -0.39 is 17.8 Å². The Morgan fingerprint density at radius 1 is 1.27 bits per heavy atom. The molecule has 136 valence electrons. The number of aromatic nitrogens is 5. The summed E-state index contributed by atoms with van der Waals surface area (Å²) in [5.74, 6) is -0.831. The van der Waals surface area contributed by atoms with E-state index >= 15 is 0 Å². The van der Waals surface area contributed by atoms with E-state index in [2.05, 4.69) is 20.5 Å². The first-order valence-corrected chi connectivity index (χ1v) is 7.66. The van der Waals surface area contributed by atoms with Gasteiger partial charge in [0.15, 0.2) is 5.69 Å². The zero-order chi connectivity index (χ0) is 18.9. The normalized spacial score (nSPS) is 11.6. The molecule has 3 rings (SSSR count). The molecule has 2 heterocycles. The van der Waals surface area contributed by atoms with Crippen molar-refractivity contribution in [3.63, 3.8) is 0 Å². The van der Waals surface area contributed by atoms with E-state index in [-0.39, 0.29) is 11.6 Å². The summed E-state index contributed by atoms with van der Waals surface area (Å²) in [6, 6.07) is 7.80. The molecule has 7 nitrogen and oxygen atoms in total. The van der Waals surface area contributed by atoms with E-state index in [1.165, 1.54) is 18.1 Å². The van der Waals surface area contributed by atoms with Crippen LogP contribution in [-0.4, -0.2) is 30.5 Å². The molecule has 0 fully saturated rings. The Hall–Kier alpha value is -2.88. The van der Waals surface area contributed by atoms with Gasteiger partial charge < -0.3 is 0 Å². The minimum atomic E-state index is -4.63. The zero-order valence-electron chi connectivity index (χ0n) is 13.3. The van der Waals surface area contributed by atoms with Crippen LogP contribution in [0.5, 0.6) is 0 Å². The Morgan fingerprint density at radius 3 is 2.69 bits per heavy atom. The second-order valence-corrected chi connectivity index (χ2v) is 5.82. The predicted molar refractivity (Wildman–Crippen MR) is 86.7 cm³/mol. The average molecular weight is 385 g/mol. The molecule has 0 aliphatic heterocycles. The Kier molecular flexibility index (Phi) is 4.68. The van der Waals surface area contributed by atoms with Gasteiger partial charge in [0.2, 0.25) is 5.95 Å². The summed E-state index contributed by atoms with van der Waals surface area (Å²) in [7, 11) is 1.25. The smallest absolute Gasteiger partial charge is 0.288 e. The average Bonchev–Trinajstić information content (AvgIpc) is 3.13. The molecule has 0 spiro atoms. The maximum atomic E-state index is 12.7. The summed E-state index contributed by atoms with van der Waals surface area (Å²) >= 11 is 5.91. The van der Waals surface area contributed by atoms with Gasteiger partial charge in [0.25, 0.3) is 5.91 Å². The lowest BCUT2D eigenvalue weighted by Crippen LogP contribution is -2.17. The number of nitrogens with zero attached hydrogens (tertiary/aromatic N) is 5. The topological polar surface area (TPSA) is 77.6 Å². The summed E-state index contributed by atoms with van der Waals surface area (Å²) < 4.78 is 40.3. The maximum Gasteiger partial charge on any atom is 0.435 e. The molecular formula is C15H12ClF3N6O. The van der Waals surface area contributed by atoms with Crippen molar-refractivity contribution >= 4 is 23.5 Å². The number of halogens is 4. The molecule has 0 radical (unpaired) electrons. The number of carbonyl (C=O) groups excluding carboxylic acids is 1. The van der Waals surface area contributed by atoms with Gasteiger partial charge in [-0.15, -0.1) is 5.10 Å². The number of nitrogens with one attached hydrogen (secondary N) is 1. The summed E-state index contributed by atoms with van der Waals surface area (Å²) in [5.41, 5.74) is -0.533. The van der Waals surface area contributed by atoms with Crippen molar-refractivity contribution in [1.82, 2.24) is 24.5 Å². The molecule has 1 aromatic carbocycles. The highest BCUT2D eigenvalue weighted by molar-refractivity contribution is 6.30. The Labute approximate surface area is 150 Å². The minimum Gasteiger partial charge on any atom is -0.288 e. The molecular weight excluding hydrogens is 373 g/mol. The number of hydrogen-bond acceptors (Lipinski definition) is 4. The molecule has 1 N–H and O–H groups in total. The van der Waals surface area contributed by atoms with E-state index in [0.29, 0.717) is 17.6 Å². The Balaban J connectivity index is 1.71. The van der Waals surface area contributed by atoms with E-state index in [0.717, 1.165) is 10.2 Å². The number of aryl methyl sites for hydroxylation is 1. The Bertz CT molecular complexity index is 949. The minimum absolute atomic E-state index is 0.0354. The number of rotatable bonds is 4. The summed E-state index contributed by atoms with van der Waals surface area (Å²) in [6.45, 7) is 0.368. The molecule has 0 unspecified atom stereocenters. The number of amides is 1. The maximum absolute atomic E-state index is 12.7. The van der Waals surface area contributed by atoms with Crippen LogP contribution >= 0.6 is 11.6 Å². The standard InChI is InChI=1S/C15H12ClF3N6O/c1-24-11(6-12(22-24)15(17,18)19)13(26)21-14-20-8-25(23-14)7-9-3-2-4-10(16)5-9/h2-6,8H,7H2,1H3,(H,21,23,26). The molecule has 3 aromatic rings. The fourth-order valence-electron chi connectivity index (χ4n) is 2.23. The third kappa shape index (κ3) is 4.02. The van der Waals surface area contributed by atoms with Gasteiger partial charge in [-0.05, 0) is 17.7 Å². The first-order chi connectivity index (χ1) is 12.2. The van der Waals surface area contributed by atoms with Crippen LogP contribution in [0.2, 0.25) is 5.02 Å². The lowest BCUT2D eigenvalue weighted by Gasteiger charge is -2.02. The van der Waals surface area contributed by atoms with Gasteiger partial charge in [0.05, 0.1) is 6.54 Å². The van der Waals surface area contributed by atoms with Gasteiger partial charge in [-0.1, -0.05) is 23.7 Å². The fourth-order valence-corrected chi connectivity index (χ4v) is 2.45. The largest absolute Gasteiger partial charge is 0.435 e. The van der Waals surface area contributed by atoms with Crippen molar-refractivity contribution < 1.29 is 18.0 Å². The molecule has 0 bridgehead atoms. The number of benzene rings is 1. The van der Waals surface area contributed by atoms with Crippen LogP contribution in [-0.2, 0) is 19.8 Å². The molecule has 0 saturated heterocycles. The molecule has 11 heteroatoms. The molecule has 0 atom stereocenters. The van der Waals surface area contributed by atoms with Crippen LogP contribution < -0.4 is 5.32 Å². The molecule has 0 aliphatic carbocycles. The van der Waals surface area contributed by atoms with Gasteiger partial charge in [0, 0.05) is 18.1 Å². The van der Waals surface area contributed by atoms with E-state index in [1.54, 1.807) is 18.2 Å². The highest BCUT2D eigenvalue weighted by Crippen LogP contribution is 2.28. The van der Waals surface area contributed by atoms with Crippen molar-refractivity contribution in [3.8, 4) is 0 Å². The molecule has 26 heavy (non-hydrogen) atoms. The van der Waals surface area contributed by atoms with Gasteiger partial charge >= 0.3 is 6.18 Å².